The molecule has 4 aromatic rings. The van der Waals surface area contributed by atoms with E-state index in [1.165, 1.54) is 16.1 Å². The first-order valence-corrected chi connectivity index (χ1v) is 19.9. The van der Waals surface area contributed by atoms with Crippen molar-refractivity contribution >= 4 is 48.3 Å². The molecule has 0 saturated carbocycles. The Morgan fingerprint density at radius 1 is 1.04 bits per heavy atom. The summed E-state index contributed by atoms with van der Waals surface area (Å²) in [5.41, 5.74) is 4.00. The van der Waals surface area contributed by atoms with Gasteiger partial charge in [-0.15, -0.1) is 11.3 Å². The second-order valence-electron chi connectivity index (χ2n) is 13.7. The molecule has 0 radical (unpaired) electrons. The minimum Gasteiger partial charge on any atom is -0.367 e. The number of alkyl halides is 3. The molecule has 0 amide bonds. The fourth-order valence-electron chi connectivity index (χ4n) is 7.39. The van der Waals surface area contributed by atoms with Crippen molar-refractivity contribution < 1.29 is 21.6 Å². The predicted molar refractivity (Wildman–Crippen MR) is 192 cm³/mol. The average molecular weight is 731 g/mol. The van der Waals surface area contributed by atoms with Crippen molar-refractivity contribution in [2.75, 3.05) is 50.8 Å². The first-order chi connectivity index (χ1) is 23.6. The molecule has 2 atom stereocenters. The number of piperazine rings is 1. The highest BCUT2D eigenvalue weighted by molar-refractivity contribution is 7.88. The first kappa shape index (κ1) is 36.5. The van der Waals surface area contributed by atoms with Crippen molar-refractivity contribution in [3.63, 3.8) is 0 Å². The molecule has 1 N–H and O–H groups in total. The standard InChI is InChI=1S/C35H45F3N8O2S2/c1-6-32-41-33(30-18-28(19-35(36,37)38)49-34(30)42-32)40-26-9-11-43(12-10-26)21-25-7-8-31-29(22(25)2)17-27(20-39)46(31)24(4)23(3)44-13-15-45(16-14-44)50(5,47)48/h7-8,17-18,23-24,26H,6,9-16,19,21H2,1-5H3,(H,40,41,42). The number of aryl methyl sites for hydroxylation is 2. The highest BCUT2D eigenvalue weighted by Crippen LogP contribution is 2.35. The van der Waals surface area contributed by atoms with E-state index in [1.54, 1.807) is 6.07 Å². The van der Waals surface area contributed by atoms with E-state index in [1.807, 2.05) is 13.0 Å². The van der Waals surface area contributed by atoms with Gasteiger partial charge >= 0.3 is 6.18 Å². The number of hydrogen-bond acceptors (Lipinski definition) is 9. The van der Waals surface area contributed by atoms with Crippen molar-refractivity contribution in [2.45, 2.75) is 84.2 Å². The van der Waals surface area contributed by atoms with Crippen LogP contribution in [0.15, 0.2) is 24.3 Å². The quantitative estimate of drug-likeness (QED) is 0.209. The molecule has 10 nitrogen and oxygen atoms in total. The lowest BCUT2D eigenvalue weighted by Gasteiger charge is -2.39. The third-order valence-electron chi connectivity index (χ3n) is 10.4. The zero-order chi connectivity index (χ0) is 36.0. The Bertz CT molecular complexity index is 2000. The molecular weight excluding hydrogens is 686 g/mol. The van der Waals surface area contributed by atoms with Crippen LogP contribution >= 0.6 is 11.3 Å². The molecule has 1 aromatic carbocycles. The van der Waals surface area contributed by atoms with Crippen LogP contribution in [-0.4, -0.2) is 101 Å². The molecule has 2 saturated heterocycles. The van der Waals surface area contributed by atoms with Gasteiger partial charge in [0.15, 0.2) is 0 Å². The van der Waals surface area contributed by atoms with Crippen LogP contribution in [-0.2, 0) is 29.4 Å². The number of fused-ring (bicyclic) bond motifs is 2. The largest absolute Gasteiger partial charge is 0.393 e. The zero-order valence-corrected chi connectivity index (χ0v) is 30.9. The van der Waals surface area contributed by atoms with Gasteiger partial charge in [-0.2, -0.15) is 22.7 Å². The maximum absolute atomic E-state index is 13.1. The number of halogens is 3. The molecule has 15 heteroatoms. The first-order valence-electron chi connectivity index (χ1n) is 17.2. The second-order valence-corrected chi connectivity index (χ2v) is 16.8. The molecular formula is C35H45F3N8O2S2. The fraction of sp³-hybridized carbons (Fsp3) is 0.571. The maximum Gasteiger partial charge on any atom is 0.393 e. The summed E-state index contributed by atoms with van der Waals surface area (Å²) in [6.45, 7) is 13.1. The number of thiophene rings is 1. The highest BCUT2D eigenvalue weighted by atomic mass is 32.2. The zero-order valence-electron chi connectivity index (χ0n) is 29.2. The molecule has 0 aliphatic carbocycles. The molecule has 2 unspecified atom stereocenters. The summed E-state index contributed by atoms with van der Waals surface area (Å²) in [5.74, 6) is 1.24. The van der Waals surface area contributed by atoms with E-state index in [0.29, 0.717) is 60.2 Å². The van der Waals surface area contributed by atoms with Crippen molar-refractivity contribution in [1.29, 1.82) is 5.26 Å². The SMILES string of the molecule is CCc1nc(NC2CCN(Cc3ccc4c(cc(C#N)n4C(C)C(C)N4CCN(S(C)(=O)=O)CC4)c3C)CC2)c2cc(CC(F)(F)F)sc2n1. The summed E-state index contributed by atoms with van der Waals surface area (Å²) in [7, 11) is -3.21. The van der Waals surface area contributed by atoms with E-state index >= 15 is 0 Å². The van der Waals surface area contributed by atoms with Crippen molar-refractivity contribution in [3.05, 3.63) is 51.8 Å². The van der Waals surface area contributed by atoms with Crippen LogP contribution in [0.4, 0.5) is 19.0 Å². The van der Waals surface area contributed by atoms with E-state index in [4.69, 9.17) is 0 Å². The van der Waals surface area contributed by atoms with E-state index in [2.05, 4.69) is 68.6 Å². The topological polar surface area (TPSA) is 110 Å². The lowest BCUT2D eigenvalue weighted by molar-refractivity contribution is -0.126. The highest BCUT2D eigenvalue weighted by Gasteiger charge is 2.31. The minimum absolute atomic E-state index is 0.00135. The summed E-state index contributed by atoms with van der Waals surface area (Å²) in [6.07, 6.45) is -1.64. The van der Waals surface area contributed by atoms with Crippen LogP contribution in [0.5, 0.6) is 0 Å². The van der Waals surface area contributed by atoms with Gasteiger partial charge in [-0.1, -0.05) is 13.0 Å². The van der Waals surface area contributed by atoms with Gasteiger partial charge in [-0.3, -0.25) is 9.80 Å². The lowest BCUT2D eigenvalue weighted by Crippen LogP contribution is -2.52. The van der Waals surface area contributed by atoms with Crippen LogP contribution in [0.3, 0.4) is 0 Å². The molecule has 6 rings (SSSR count). The molecule has 5 heterocycles. The van der Waals surface area contributed by atoms with Gasteiger partial charge < -0.3 is 9.88 Å². The van der Waals surface area contributed by atoms with E-state index in [9.17, 15) is 26.9 Å². The van der Waals surface area contributed by atoms with Crippen LogP contribution in [0.25, 0.3) is 21.1 Å². The van der Waals surface area contributed by atoms with Crippen molar-refractivity contribution in [2.24, 2.45) is 0 Å². The van der Waals surface area contributed by atoms with Crippen molar-refractivity contribution in [1.82, 2.24) is 28.6 Å². The molecule has 50 heavy (non-hydrogen) atoms. The summed E-state index contributed by atoms with van der Waals surface area (Å²) in [4.78, 5) is 14.7. The van der Waals surface area contributed by atoms with Gasteiger partial charge in [0.2, 0.25) is 10.0 Å². The number of nitrogens with zero attached hydrogens (tertiary/aromatic N) is 7. The Hall–Kier alpha value is -3.29. The van der Waals surface area contributed by atoms with Gasteiger partial charge in [0.05, 0.1) is 18.1 Å². The van der Waals surface area contributed by atoms with Crippen LogP contribution in [0.1, 0.15) is 67.2 Å². The number of likely N-dealkylation sites (tertiary alicyclic amines) is 1. The lowest BCUT2D eigenvalue weighted by atomic mass is 10.0. The number of sulfonamides is 1. The van der Waals surface area contributed by atoms with Gasteiger partial charge in [0.1, 0.15) is 28.2 Å². The Balaban J connectivity index is 1.12. The monoisotopic (exact) mass is 730 g/mol. The van der Waals surface area contributed by atoms with E-state index < -0.39 is 22.6 Å². The average Bonchev–Trinajstić information content (AvgIpc) is 3.66. The van der Waals surface area contributed by atoms with Crippen LogP contribution in [0.2, 0.25) is 0 Å². The number of benzene rings is 1. The third kappa shape index (κ3) is 7.79. The smallest absolute Gasteiger partial charge is 0.367 e. The number of aromatic nitrogens is 3. The Morgan fingerprint density at radius 3 is 2.36 bits per heavy atom. The summed E-state index contributed by atoms with van der Waals surface area (Å²) < 4.78 is 67.0. The maximum atomic E-state index is 13.1. The molecule has 0 bridgehead atoms. The Morgan fingerprint density at radius 2 is 1.74 bits per heavy atom. The number of rotatable bonds is 10. The molecule has 3 aromatic heterocycles. The van der Waals surface area contributed by atoms with E-state index in [-0.39, 0.29) is 23.0 Å². The normalized spacial score (nSPS) is 18.9. The molecule has 2 fully saturated rings. The van der Waals surface area contributed by atoms with E-state index in [0.717, 1.165) is 60.3 Å². The van der Waals surface area contributed by atoms with Gasteiger partial charge in [0, 0.05) is 86.1 Å². The third-order valence-corrected chi connectivity index (χ3v) is 12.8. The van der Waals surface area contributed by atoms with Crippen LogP contribution in [0, 0.1) is 18.3 Å². The van der Waals surface area contributed by atoms with Gasteiger partial charge in [-0.25, -0.2) is 18.4 Å². The number of piperidine rings is 1. The Kier molecular flexibility index (Phi) is 10.5. The van der Waals surface area contributed by atoms with Gasteiger partial charge in [0.25, 0.3) is 0 Å². The summed E-state index contributed by atoms with van der Waals surface area (Å²) >= 11 is 1.09. The number of nitriles is 1. The minimum atomic E-state index is -4.27. The van der Waals surface area contributed by atoms with Crippen LogP contribution < -0.4 is 5.32 Å². The molecule has 270 valence electrons. The summed E-state index contributed by atoms with van der Waals surface area (Å²) in [6, 6.07) is 10.5. The number of hydrogen-bond donors (Lipinski definition) is 1. The second kappa shape index (κ2) is 14.4. The molecule has 2 aliphatic rings. The summed E-state index contributed by atoms with van der Waals surface area (Å²) in [5, 5.41) is 15.4. The fourth-order valence-corrected chi connectivity index (χ4v) is 9.29. The number of nitrogens with one attached hydrogen (secondary N) is 1. The Labute approximate surface area is 295 Å². The van der Waals surface area contributed by atoms with Crippen molar-refractivity contribution in [3.8, 4) is 6.07 Å². The predicted octanol–water partition coefficient (Wildman–Crippen LogP) is 6.10. The molecule has 2 aliphatic heterocycles. The van der Waals surface area contributed by atoms with Gasteiger partial charge in [-0.05, 0) is 62.9 Å². The number of anilines is 1. The molecule has 0 spiro atoms.